The van der Waals surface area contributed by atoms with Gasteiger partial charge in [-0.1, -0.05) is 12.1 Å². The minimum atomic E-state index is -0.120. The van der Waals surface area contributed by atoms with Crippen LogP contribution in [0, 0.1) is 6.57 Å². The number of Topliss-reactive ketones (excluding diaryl/α,β-unsaturated/α-hetero) is 1. The quantitative estimate of drug-likeness (QED) is 0.309. The molecule has 6 nitrogen and oxygen atoms in total. The molecular formula is C22H25NO5. The molecule has 0 saturated carbocycles. The molecule has 148 valence electrons. The lowest BCUT2D eigenvalue weighted by Crippen LogP contribution is -2.13. The second-order valence-electron chi connectivity index (χ2n) is 6.30. The van der Waals surface area contributed by atoms with Gasteiger partial charge in [0.2, 0.25) is 0 Å². The second-order valence-corrected chi connectivity index (χ2v) is 6.30. The average Bonchev–Trinajstić information content (AvgIpc) is 2.68. The van der Waals surface area contributed by atoms with Gasteiger partial charge in [-0.3, -0.25) is 4.79 Å². The molecule has 0 heterocycles. The van der Waals surface area contributed by atoms with Crippen molar-refractivity contribution in [2.24, 2.45) is 0 Å². The van der Waals surface area contributed by atoms with Crippen molar-refractivity contribution in [3.63, 3.8) is 0 Å². The maximum absolute atomic E-state index is 11.8. The van der Waals surface area contributed by atoms with Crippen LogP contribution in [0.25, 0.3) is 4.85 Å². The SMILES string of the molecule is [C-]#[N+]c1ccc(C(C)=O)c(Oc2ccc(OCCOCCOC(C)C)cc2)c1. The lowest BCUT2D eigenvalue weighted by atomic mass is 10.1. The van der Waals surface area contributed by atoms with E-state index in [1.165, 1.54) is 6.92 Å². The molecule has 6 heteroatoms. The molecule has 0 fully saturated rings. The van der Waals surface area contributed by atoms with Crippen LogP contribution in [0.4, 0.5) is 5.69 Å². The van der Waals surface area contributed by atoms with Gasteiger partial charge in [0.25, 0.3) is 0 Å². The van der Waals surface area contributed by atoms with Crippen molar-refractivity contribution in [3.8, 4) is 17.2 Å². The van der Waals surface area contributed by atoms with Crippen LogP contribution < -0.4 is 9.47 Å². The summed E-state index contributed by atoms with van der Waals surface area (Å²) in [4.78, 5) is 15.1. The molecule has 0 spiro atoms. The lowest BCUT2D eigenvalue weighted by molar-refractivity contribution is 0.0124. The summed E-state index contributed by atoms with van der Waals surface area (Å²) in [6.07, 6.45) is 0.205. The van der Waals surface area contributed by atoms with Gasteiger partial charge in [-0.25, -0.2) is 4.85 Å². The van der Waals surface area contributed by atoms with E-state index in [1.54, 1.807) is 42.5 Å². The van der Waals surface area contributed by atoms with Crippen LogP contribution in [0.3, 0.4) is 0 Å². The molecule has 0 aromatic heterocycles. The van der Waals surface area contributed by atoms with E-state index >= 15 is 0 Å². The molecule has 0 atom stereocenters. The number of ether oxygens (including phenoxy) is 4. The first-order valence-corrected chi connectivity index (χ1v) is 9.12. The Morgan fingerprint density at radius 1 is 1.00 bits per heavy atom. The fraction of sp³-hybridized carbons (Fsp3) is 0.364. The van der Waals surface area contributed by atoms with E-state index in [1.807, 2.05) is 13.8 Å². The maximum Gasteiger partial charge on any atom is 0.190 e. The highest BCUT2D eigenvalue weighted by Gasteiger charge is 2.10. The van der Waals surface area contributed by atoms with Crippen molar-refractivity contribution < 1.29 is 23.7 Å². The molecule has 0 saturated heterocycles. The van der Waals surface area contributed by atoms with Gasteiger partial charge in [0, 0.05) is 0 Å². The normalized spacial score (nSPS) is 10.5. The zero-order valence-electron chi connectivity index (χ0n) is 16.4. The Morgan fingerprint density at radius 3 is 2.32 bits per heavy atom. The molecule has 0 aliphatic heterocycles. The summed E-state index contributed by atoms with van der Waals surface area (Å²) in [7, 11) is 0. The number of carbonyl (C=O) groups is 1. The fourth-order valence-electron chi connectivity index (χ4n) is 2.35. The Kier molecular flexibility index (Phi) is 8.47. The van der Waals surface area contributed by atoms with Crippen LogP contribution in [0.15, 0.2) is 42.5 Å². The van der Waals surface area contributed by atoms with Crippen LogP contribution >= 0.6 is 0 Å². The highest BCUT2D eigenvalue weighted by molar-refractivity contribution is 5.97. The van der Waals surface area contributed by atoms with Crippen LogP contribution in [-0.4, -0.2) is 38.3 Å². The molecule has 0 N–H and O–H groups in total. The third-order valence-electron chi connectivity index (χ3n) is 3.70. The van der Waals surface area contributed by atoms with E-state index in [-0.39, 0.29) is 11.9 Å². The Balaban J connectivity index is 1.85. The summed E-state index contributed by atoms with van der Waals surface area (Å²) < 4.78 is 22.2. The molecule has 0 aliphatic carbocycles. The standard InChI is InChI=1S/C22H25NO5/c1-16(2)26-13-11-25-12-14-27-19-6-8-20(9-7-19)28-22-15-18(23-4)5-10-21(22)17(3)24/h5-10,15-16H,11-14H2,1-3H3. The molecule has 0 unspecified atom stereocenters. The number of nitrogens with zero attached hydrogens (tertiary/aromatic N) is 1. The highest BCUT2D eigenvalue weighted by atomic mass is 16.5. The molecule has 28 heavy (non-hydrogen) atoms. The van der Waals surface area contributed by atoms with E-state index < -0.39 is 0 Å². The molecule has 0 amide bonds. The van der Waals surface area contributed by atoms with Crippen LogP contribution in [-0.2, 0) is 9.47 Å². The number of hydrogen-bond acceptors (Lipinski definition) is 5. The number of hydrogen-bond donors (Lipinski definition) is 0. The largest absolute Gasteiger partial charge is 0.491 e. The van der Waals surface area contributed by atoms with E-state index in [4.69, 9.17) is 25.5 Å². The Hall–Kier alpha value is -2.88. The van der Waals surface area contributed by atoms with Crippen LogP contribution in [0.1, 0.15) is 31.1 Å². The molecule has 2 aromatic carbocycles. The first-order chi connectivity index (χ1) is 13.5. The minimum Gasteiger partial charge on any atom is -0.491 e. The van der Waals surface area contributed by atoms with E-state index in [0.717, 1.165) is 0 Å². The monoisotopic (exact) mass is 383 g/mol. The summed E-state index contributed by atoms with van der Waals surface area (Å²) in [5.41, 5.74) is 0.852. The first kappa shape index (κ1) is 21.4. The molecule has 2 aromatic rings. The molecular weight excluding hydrogens is 358 g/mol. The summed E-state index contributed by atoms with van der Waals surface area (Å²) in [6, 6.07) is 11.8. The number of benzene rings is 2. The summed E-state index contributed by atoms with van der Waals surface area (Å²) >= 11 is 0. The third kappa shape index (κ3) is 7.03. The van der Waals surface area contributed by atoms with Crippen molar-refractivity contribution in [1.82, 2.24) is 0 Å². The lowest BCUT2D eigenvalue weighted by Gasteiger charge is -2.11. The van der Waals surface area contributed by atoms with Gasteiger partial charge in [-0.2, -0.15) is 0 Å². The Labute approximate surface area is 165 Å². The van der Waals surface area contributed by atoms with Crippen molar-refractivity contribution in [2.45, 2.75) is 26.9 Å². The van der Waals surface area contributed by atoms with Gasteiger partial charge in [0.1, 0.15) is 23.9 Å². The highest BCUT2D eigenvalue weighted by Crippen LogP contribution is 2.31. The van der Waals surface area contributed by atoms with Gasteiger partial charge in [0.15, 0.2) is 11.5 Å². The van der Waals surface area contributed by atoms with Crippen LogP contribution in [0.2, 0.25) is 0 Å². The maximum atomic E-state index is 11.8. The minimum absolute atomic E-state index is 0.120. The van der Waals surface area contributed by atoms with E-state index in [0.29, 0.717) is 54.9 Å². The number of rotatable bonds is 11. The number of ketones is 1. The van der Waals surface area contributed by atoms with Gasteiger partial charge in [-0.05, 0) is 51.1 Å². The predicted octanol–water partition coefficient (Wildman–Crippen LogP) is 5.05. The zero-order valence-corrected chi connectivity index (χ0v) is 16.4. The van der Waals surface area contributed by atoms with Gasteiger partial charge in [0.05, 0.1) is 38.1 Å². The summed E-state index contributed by atoms with van der Waals surface area (Å²) in [5.74, 6) is 1.49. The van der Waals surface area contributed by atoms with Gasteiger partial charge < -0.3 is 18.9 Å². The smallest absolute Gasteiger partial charge is 0.190 e. The topological polar surface area (TPSA) is 58.4 Å². The Morgan fingerprint density at radius 2 is 1.68 bits per heavy atom. The van der Waals surface area contributed by atoms with Crippen molar-refractivity contribution in [3.05, 3.63) is 59.4 Å². The zero-order chi connectivity index (χ0) is 20.4. The molecule has 2 rings (SSSR count). The van der Waals surface area contributed by atoms with Crippen molar-refractivity contribution >= 4 is 11.5 Å². The molecule has 0 bridgehead atoms. The van der Waals surface area contributed by atoms with Gasteiger partial charge >= 0.3 is 0 Å². The van der Waals surface area contributed by atoms with E-state index in [9.17, 15) is 4.79 Å². The predicted molar refractivity (Wildman–Crippen MR) is 107 cm³/mol. The average molecular weight is 383 g/mol. The summed E-state index contributed by atoms with van der Waals surface area (Å²) in [5, 5.41) is 0. The molecule has 0 aliphatic rings. The number of carbonyl (C=O) groups excluding carboxylic acids is 1. The van der Waals surface area contributed by atoms with E-state index in [2.05, 4.69) is 4.85 Å². The second kappa shape index (κ2) is 11.1. The third-order valence-corrected chi connectivity index (χ3v) is 3.70. The first-order valence-electron chi connectivity index (χ1n) is 9.12. The van der Waals surface area contributed by atoms with Crippen molar-refractivity contribution in [2.75, 3.05) is 26.4 Å². The molecule has 0 radical (unpaired) electrons. The van der Waals surface area contributed by atoms with Crippen LogP contribution in [0.5, 0.6) is 17.2 Å². The summed E-state index contributed by atoms with van der Waals surface area (Å²) in [6.45, 7) is 14.6. The van der Waals surface area contributed by atoms with Crippen molar-refractivity contribution in [1.29, 1.82) is 0 Å². The fourth-order valence-corrected chi connectivity index (χ4v) is 2.35. The Bertz CT molecular complexity index is 809. The van der Waals surface area contributed by atoms with Gasteiger partial charge in [-0.15, -0.1) is 0 Å².